The lowest BCUT2D eigenvalue weighted by Crippen LogP contribution is -2.38. The van der Waals surface area contributed by atoms with Gasteiger partial charge in [-0.25, -0.2) is 4.79 Å². The highest BCUT2D eigenvalue weighted by molar-refractivity contribution is 8.00. The van der Waals surface area contributed by atoms with E-state index in [0.717, 1.165) is 31.0 Å². The lowest BCUT2D eigenvalue weighted by molar-refractivity contribution is -0.148. The lowest BCUT2D eigenvalue weighted by atomic mass is 9.95. The molecule has 1 fully saturated rings. The fourth-order valence-electron chi connectivity index (χ4n) is 3.22. The van der Waals surface area contributed by atoms with Crippen LogP contribution in [-0.4, -0.2) is 40.6 Å². The topological polar surface area (TPSA) is 38.8 Å². The van der Waals surface area contributed by atoms with Gasteiger partial charge in [0.15, 0.2) is 0 Å². The molecule has 1 aromatic carbocycles. The molecule has 2 unspecified atom stereocenters. The molecule has 6 heteroatoms. The van der Waals surface area contributed by atoms with Crippen molar-refractivity contribution in [3.8, 4) is 5.75 Å². The Bertz CT molecular complexity index is 813. The molecule has 2 atom stereocenters. The van der Waals surface area contributed by atoms with Crippen molar-refractivity contribution in [1.29, 1.82) is 0 Å². The summed E-state index contributed by atoms with van der Waals surface area (Å²) >= 11 is 8.16. The molecule has 4 nitrogen and oxygen atoms in total. The van der Waals surface area contributed by atoms with Crippen LogP contribution < -0.4 is 4.74 Å². The van der Waals surface area contributed by atoms with Crippen LogP contribution in [0.5, 0.6) is 5.75 Å². The minimum atomic E-state index is -0.468. The molecule has 3 rings (SSSR count). The van der Waals surface area contributed by atoms with Crippen LogP contribution in [0.15, 0.2) is 60.5 Å². The van der Waals surface area contributed by atoms with Crippen molar-refractivity contribution in [2.45, 2.75) is 38.0 Å². The van der Waals surface area contributed by atoms with Crippen molar-refractivity contribution in [2.24, 2.45) is 5.92 Å². The first-order valence-electron chi connectivity index (χ1n) is 9.88. The summed E-state index contributed by atoms with van der Waals surface area (Å²) in [5.74, 6) is 2.69. The molecule has 0 amide bonds. The minimum absolute atomic E-state index is 0.297. The standard InChI is InChI=1S/C23H28ClNO3S/c1-23(2,3)28-22(26)12-13-25-14-15-29-21(16-25)17-8-10-18(11-9-17)27-20-7-5-4-6-19(20)24/h4-8,10-13,17,21H,9,14-16H2,1-3H3/b13-12+. The van der Waals surface area contributed by atoms with Crippen LogP contribution in [0.4, 0.5) is 0 Å². The predicted octanol–water partition coefficient (Wildman–Crippen LogP) is 5.45. The number of benzene rings is 1. The summed E-state index contributed by atoms with van der Waals surface area (Å²) in [4.78, 5) is 14.1. The third-order valence-corrected chi connectivity index (χ3v) is 6.25. The second-order valence-electron chi connectivity index (χ2n) is 8.15. The summed E-state index contributed by atoms with van der Waals surface area (Å²) in [7, 11) is 0. The number of hydrogen-bond donors (Lipinski definition) is 0. The van der Waals surface area contributed by atoms with Crippen LogP contribution >= 0.6 is 23.4 Å². The molecule has 2 aliphatic rings. The maximum atomic E-state index is 11.9. The van der Waals surface area contributed by atoms with E-state index < -0.39 is 5.60 Å². The number of halogens is 1. The highest BCUT2D eigenvalue weighted by atomic mass is 35.5. The molecule has 0 bridgehead atoms. The van der Waals surface area contributed by atoms with Gasteiger partial charge in [0, 0.05) is 36.4 Å². The van der Waals surface area contributed by atoms with Crippen molar-refractivity contribution < 1.29 is 14.3 Å². The summed E-state index contributed by atoms with van der Waals surface area (Å²) in [6.07, 6.45) is 10.7. The van der Waals surface area contributed by atoms with E-state index in [9.17, 15) is 4.79 Å². The van der Waals surface area contributed by atoms with Crippen molar-refractivity contribution in [2.75, 3.05) is 18.8 Å². The van der Waals surface area contributed by atoms with E-state index in [1.165, 1.54) is 6.08 Å². The number of thioether (sulfide) groups is 1. The molecule has 0 saturated carbocycles. The highest BCUT2D eigenvalue weighted by Gasteiger charge is 2.26. The molecule has 156 valence electrons. The average Bonchev–Trinajstić information content (AvgIpc) is 2.68. The molecule has 29 heavy (non-hydrogen) atoms. The van der Waals surface area contributed by atoms with Crippen LogP contribution in [0.2, 0.25) is 5.02 Å². The number of para-hydroxylation sites is 1. The van der Waals surface area contributed by atoms with E-state index in [2.05, 4.69) is 17.1 Å². The minimum Gasteiger partial charge on any atom is -0.457 e. The van der Waals surface area contributed by atoms with Crippen molar-refractivity contribution in [1.82, 2.24) is 4.90 Å². The molecule has 1 saturated heterocycles. The van der Waals surface area contributed by atoms with Gasteiger partial charge in [0.25, 0.3) is 0 Å². The fraction of sp³-hybridized carbons (Fsp3) is 0.435. The first-order valence-corrected chi connectivity index (χ1v) is 11.3. The van der Waals surface area contributed by atoms with Crippen LogP contribution in [0.3, 0.4) is 0 Å². The quantitative estimate of drug-likeness (QED) is 0.456. The van der Waals surface area contributed by atoms with Gasteiger partial charge in [-0.1, -0.05) is 29.8 Å². The molecule has 1 aromatic rings. The Labute approximate surface area is 182 Å². The Kier molecular flexibility index (Phi) is 7.36. The normalized spacial score (nSPS) is 22.5. The Morgan fingerprint density at radius 3 is 2.79 bits per heavy atom. The van der Waals surface area contributed by atoms with E-state index in [4.69, 9.17) is 21.1 Å². The number of ether oxygens (including phenoxy) is 2. The summed E-state index contributed by atoms with van der Waals surface area (Å²) in [6, 6.07) is 7.49. The predicted molar refractivity (Wildman–Crippen MR) is 120 cm³/mol. The highest BCUT2D eigenvalue weighted by Crippen LogP contribution is 2.33. The number of esters is 1. The van der Waals surface area contributed by atoms with Crippen molar-refractivity contribution in [3.63, 3.8) is 0 Å². The van der Waals surface area contributed by atoms with Gasteiger partial charge >= 0.3 is 5.97 Å². The van der Waals surface area contributed by atoms with Gasteiger partial charge in [0.1, 0.15) is 17.1 Å². The third-order valence-electron chi connectivity index (χ3n) is 4.59. The van der Waals surface area contributed by atoms with Gasteiger partial charge in [-0.05, 0) is 57.4 Å². The second kappa shape index (κ2) is 9.77. The van der Waals surface area contributed by atoms with Gasteiger partial charge < -0.3 is 14.4 Å². The Morgan fingerprint density at radius 1 is 1.31 bits per heavy atom. The van der Waals surface area contributed by atoms with E-state index >= 15 is 0 Å². The molecule has 1 aliphatic heterocycles. The number of carbonyl (C=O) groups is 1. The zero-order valence-electron chi connectivity index (χ0n) is 17.1. The van der Waals surface area contributed by atoms with Crippen LogP contribution in [0.25, 0.3) is 0 Å². The number of carbonyl (C=O) groups excluding carboxylic acids is 1. The van der Waals surface area contributed by atoms with Crippen molar-refractivity contribution >= 4 is 29.3 Å². The Hall–Kier alpha value is -1.85. The third kappa shape index (κ3) is 6.86. The summed E-state index contributed by atoms with van der Waals surface area (Å²) in [5, 5.41) is 1.08. The molecule has 0 radical (unpaired) electrons. The number of allylic oxidation sites excluding steroid dienone is 3. The number of nitrogens with zero attached hydrogens (tertiary/aromatic N) is 1. The summed E-state index contributed by atoms with van der Waals surface area (Å²) < 4.78 is 11.3. The molecule has 0 aromatic heterocycles. The second-order valence-corrected chi connectivity index (χ2v) is 9.91. The Balaban J connectivity index is 1.52. The van der Waals surface area contributed by atoms with Crippen molar-refractivity contribution in [3.05, 3.63) is 65.6 Å². The SMILES string of the molecule is CC(C)(C)OC(=O)/C=C/N1CCSC(C2C=CC(Oc3ccccc3Cl)=CC2)C1. The number of hydrogen-bond acceptors (Lipinski definition) is 5. The zero-order chi connectivity index (χ0) is 20.9. The first-order chi connectivity index (χ1) is 13.8. The zero-order valence-corrected chi connectivity index (χ0v) is 18.7. The van der Waals surface area contributed by atoms with Gasteiger partial charge in [-0.15, -0.1) is 0 Å². The van der Waals surface area contributed by atoms with Crippen LogP contribution in [-0.2, 0) is 9.53 Å². The lowest BCUT2D eigenvalue weighted by Gasteiger charge is -2.35. The molecule has 0 spiro atoms. The van der Waals surface area contributed by atoms with Gasteiger partial charge in [0.2, 0.25) is 0 Å². The van der Waals surface area contributed by atoms with E-state index in [1.54, 1.807) is 0 Å². The summed E-state index contributed by atoms with van der Waals surface area (Å²) in [6.45, 7) is 7.47. The van der Waals surface area contributed by atoms with E-state index in [0.29, 0.717) is 21.9 Å². The molecule has 1 heterocycles. The molecule has 0 N–H and O–H groups in total. The maximum Gasteiger partial charge on any atom is 0.332 e. The van der Waals surface area contributed by atoms with E-state index in [-0.39, 0.29) is 5.97 Å². The Morgan fingerprint density at radius 2 is 2.10 bits per heavy atom. The fourth-order valence-corrected chi connectivity index (χ4v) is 4.78. The summed E-state index contributed by atoms with van der Waals surface area (Å²) in [5.41, 5.74) is -0.468. The van der Waals surface area contributed by atoms with Gasteiger partial charge in [0.05, 0.1) is 5.02 Å². The monoisotopic (exact) mass is 433 g/mol. The average molecular weight is 434 g/mol. The molecular formula is C23H28ClNO3S. The van der Waals surface area contributed by atoms with E-state index in [1.807, 2.05) is 69.1 Å². The molecule has 1 aliphatic carbocycles. The number of rotatable bonds is 5. The van der Waals surface area contributed by atoms with Gasteiger partial charge in [-0.2, -0.15) is 11.8 Å². The molecular weight excluding hydrogens is 406 g/mol. The van der Waals surface area contributed by atoms with Crippen LogP contribution in [0.1, 0.15) is 27.2 Å². The largest absolute Gasteiger partial charge is 0.457 e. The van der Waals surface area contributed by atoms with Crippen LogP contribution in [0, 0.1) is 5.92 Å². The first kappa shape index (κ1) is 21.8. The maximum absolute atomic E-state index is 11.9. The van der Waals surface area contributed by atoms with Gasteiger partial charge in [-0.3, -0.25) is 0 Å². The smallest absolute Gasteiger partial charge is 0.332 e.